The van der Waals surface area contributed by atoms with E-state index in [-0.39, 0.29) is 24.1 Å². The van der Waals surface area contributed by atoms with Crippen molar-refractivity contribution >= 4 is 5.97 Å². The van der Waals surface area contributed by atoms with E-state index in [9.17, 15) is 4.79 Å². The van der Waals surface area contributed by atoms with Crippen LogP contribution in [0.15, 0.2) is 62.1 Å². The van der Waals surface area contributed by atoms with Gasteiger partial charge in [0.1, 0.15) is 17.0 Å². The first-order valence-corrected chi connectivity index (χ1v) is 7.77. The van der Waals surface area contributed by atoms with E-state index in [2.05, 4.69) is 15.4 Å². The highest BCUT2D eigenvalue weighted by Crippen LogP contribution is 2.33. The first-order chi connectivity index (χ1) is 12.7. The van der Waals surface area contributed by atoms with Crippen LogP contribution in [0.3, 0.4) is 0 Å². The quantitative estimate of drug-likeness (QED) is 0.502. The van der Waals surface area contributed by atoms with Gasteiger partial charge in [0.2, 0.25) is 5.76 Å². The molecule has 0 saturated carbocycles. The second kappa shape index (κ2) is 6.67. The number of nitrogens with zero attached hydrogens (tertiary/aromatic N) is 3. The number of carbonyl (C=O) groups excluding carboxylic acids is 1. The minimum absolute atomic E-state index is 0.103. The number of carbonyl (C=O) groups is 1. The molecular weight excluding hydrogens is 338 g/mol. The molecular formula is C18H13N3O5. The van der Waals surface area contributed by atoms with Crippen LogP contribution in [0.4, 0.5) is 0 Å². The predicted octanol–water partition coefficient (Wildman–Crippen LogP) is 3.65. The monoisotopic (exact) mass is 351 g/mol. The van der Waals surface area contributed by atoms with E-state index in [1.54, 1.807) is 13.0 Å². The highest BCUT2D eigenvalue weighted by atomic mass is 16.6. The number of ether oxygens (including phenoxy) is 1. The fourth-order valence-corrected chi connectivity index (χ4v) is 2.42. The lowest BCUT2D eigenvalue weighted by molar-refractivity contribution is 0.0402. The summed E-state index contributed by atoms with van der Waals surface area (Å²) in [6.45, 7) is 1.59. The zero-order valence-corrected chi connectivity index (χ0v) is 13.7. The maximum absolute atomic E-state index is 11.8. The molecule has 0 unspecified atom stereocenters. The van der Waals surface area contributed by atoms with Crippen LogP contribution in [0.5, 0.6) is 0 Å². The first kappa shape index (κ1) is 15.8. The summed E-state index contributed by atoms with van der Waals surface area (Å²) in [5.41, 5.74) is 2.07. The summed E-state index contributed by atoms with van der Waals surface area (Å²) >= 11 is 0. The third kappa shape index (κ3) is 3.00. The molecule has 0 saturated heterocycles. The van der Waals surface area contributed by atoms with Crippen molar-refractivity contribution in [3.05, 3.63) is 66.1 Å². The van der Waals surface area contributed by atoms with Crippen molar-refractivity contribution < 1.29 is 22.9 Å². The van der Waals surface area contributed by atoms with Crippen molar-refractivity contribution in [3.63, 3.8) is 0 Å². The fraction of sp³-hybridized carbons (Fsp3) is 0.111. The van der Waals surface area contributed by atoms with Crippen molar-refractivity contribution in [2.75, 3.05) is 0 Å². The average Bonchev–Trinajstić information content (AvgIpc) is 3.41. The predicted molar refractivity (Wildman–Crippen MR) is 87.8 cm³/mol. The molecule has 0 aliphatic carbocycles. The number of furan rings is 1. The standard InChI is InChI=1S/C18H13N3O5/c1-11-15(16(21-26-11)12-6-3-2-4-7-12)17-20-19-14(25-17)10-24-18(22)13-8-5-9-23-13/h2-9H,10H2,1H3. The molecule has 0 atom stereocenters. The Labute approximate surface area is 147 Å². The lowest BCUT2D eigenvalue weighted by atomic mass is 10.1. The maximum atomic E-state index is 11.8. The molecule has 26 heavy (non-hydrogen) atoms. The van der Waals surface area contributed by atoms with Gasteiger partial charge in [-0.25, -0.2) is 4.79 Å². The third-order valence-corrected chi connectivity index (χ3v) is 3.64. The minimum Gasteiger partial charge on any atom is -0.457 e. The number of benzene rings is 1. The molecule has 4 rings (SSSR count). The summed E-state index contributed by atoms with van der Waals surface area (Å²) in [4.78, 5) is 11.8. The Morgan fingerprint density at radius 2 is 1.96 bits per heavy atom. The van der Waals surface area contributed by atoms with E-state index >= 15 is 0 Å². The lowest BCUT2D eigenvalue weighted by Crippen LogP contribution is -2.04. The van der Waals surface area contributed by atoms with Crippen molar-refractivity contribution in [2.45, 2.75) is 13.5 Å². The number of esters is 1. The molecule has 8 nitrogen and oxygen atoms in total. The van der Waals surface area contributed by atoms with Gasteiger partial charge in [0.15, 0.2) is 6.61 Å². The van der Waals surface area contributed by atoms with Crippen LogP contribution in [0, 0.1) is 6.92 Å². The Morgan fingerprint density at radius 1 is 1.12 bits per heavy atom. The van der Waals surface area contributed by atoms with Gasteiger partial charge in [0.05, 0.1) is 6.26 Å². The van der Waals surface area contributed by atoms with Crippen LogP contribution in [0.2, 0.25) is 0 Å². The number of rotatable bonds is 5. The van der Waals surface area contributed by atoms with Crippen LogP contribution in [-0.4, -0.2) is 21.3 Å². The van der Waals surface area contributed by atoms with Crippen molar-refractivity contribution in [2.24, 2.45) is 0 Å². The molecule has 0 aliphatic heterocycles. The van der Waals surface area contributed by atoms with Crippen molar-refractivity contribution in [1.29, 1.82) is 0 Å². The van der Waals surface area contributed by atoms with Crippen molar-refractivity contribution in [1.82, 2.24) is 15.4 Å². The molecule has 0 radical (unpaired) electrons. The maximum Gasteiger partial charge on any atom is 0.374 e. The van der Waals surface area contributed by atoms with E-state index in [1.165, 1.54) is 12.3 Å². The first-order valence-electron chi connectivity index (χ1n) is 7.77. The van der Waals surface area contributed by atoms with Crippen LogP contribution in [0.25, 0.3) is 22.7 Å². The molecule has 0 amide bonds. The molecule has 0 spiro atoms. The third-order valence-electron chi connectivity index (χ3n) is 3.64. The van der Waals surface area contributed by atoms with Gasteiger partial charge in [-0.3, -0.25) is 0 Å². The van der Waals surface area contributed by atoms with Gasteiger partial charge in [-0.1, -0.05) is 35.5 Å². The zero-order valence-electron chi connectivity index (χ0n) is 13.7. The van der Waals surface area contributed by atoms with Crippen LogP contribution in [-0.2, 0) is 11.3 Å². The molecule has 8 heteroatoms. The molecule has 0 aliphatic rings. The molecule has 0 N–H and O–H groups in total. The second-order valence-corrected chi connectivity index (χ2v) is 5.38. The molecule has 3 heterocycles. The Morgan fingerprint density at radius 3 is 2.73 bits per heavy atom. The summed E-state index contributed by atoms with van der Waals surface area (Å²) in [5, 5.41) is 12.0. The molecule has 3 aromatic heterocycles. The SMILES string of the molecule is Cc1onc(-c2ccccc2)c1-c1nnc(COC(=O)c2ccco2)o1. The Hall–Kier alpha value is -3.68. The smallest absolute Gasteiger partial charge is 0.374 e. The summed E-state index contributed by atoms with van der Waals surface area (Å²) in [5.74, 6) is 0.435. The number of hydrogen-bond donors (Lipinski definition) is 0. The van der Waals surface area contributed by atoms with Gasteiger partial charge in [0, 0.05) is 5.56 Å². The van der Waals surface area contributed by atoms with E-state index in [0.29, 0.717) is 17.0 Å². The van der Waals surface area contributed by atoms with Crippen molar-refractivity contribution in [3.8, 4) is 22.7 Å². The highest BCUT2D eigenvalue weighted by molar-refractivity contribution is 5.86. The summed E-state index contributed by atoms with van der Waals surface area (Å²) in [6.07, 6.45) is 1.39. The average molecular weight is 351 g/mol. The molecule has 4 aromatic rings. The lowest BCUT2D eigenvalue weighted by Gasteiger charge is -1.99. The van der Waals surface area contributed by atoms with E-state index in [0.717, 1.165) is 5.56 Å². The molecule has 130 valence electrons. The van der Waals surface area contributed by atoms with Crippen LogP contribution >= 0.6 is 0 Å². The van der Waals surface area contributed by atoms with E-state index in [1.807, 2.05) is 30.3 Å². The number of aryl methyl sites for hydroxylation is 1. The fourth-order valence-electron chi connectivity index (χ4n) is 2.42. The van der Waals surface area contributed by atoms with E-state index < -0.39 is 5.97 Å². The van der Waals surface area contributed by atoms with Gasteiger partial charge < -0.3 is 18.1 Å². The minimum atomic E-state index is -0.610. The topological polar surface area (TPSA) is 104 Å². The van der Waals surface area contributed by atoms with Gasteiger partial charge in [-0.2, -0.15) is 0 Å². The van der Waals surface area contributed by atoms with E-state index in [4.69, 9.17) is 18.1 Å². The summed E-state index contributed by atoms with van der Waals surface area (Å²) < 4.78 is 20.9. The second-order valence-electron chi connectivity index (χ2n) is 5.38. The van der Waals surface area contributed by atoms with Crippen LogP contribution in [0.1, 0.15) is 22.2 Å². The molecule has 1 aromatic carbocycles. The zero-order chi connectivity index (χ0) is 17.9. The Bertz CT molecular complexity index is 1020. The molecule has 0 fully saturated rings. The summed E-state index contributed by atoms with van der Waals surface area (Å²) in [7, 11) is 0. The van der Waals surface area contributed by atoms with Gasteiger partial charge in [0.25, 0.3) is 11.8 Å². The molecule has 0 bridgehead atoms. The Kier molecular flexibility index (Phi) is 4.06. The van der Waals surface area contributed by atoms with Gasteiger partial charge in [-0.15, -0.1) is 10.2 Å². The van der Waals surface area contributed by atoms with Crippen LogP contribution < -0.4 is 0 Å². The van der Waals surface area contributed by atoms with Gasteiger partial charge >= 0.3 is 5.97 Å². The number of hydrogen-bond acceptors (Lipinski definition) is 8. The highest BCUT2D eigenvalue weighted by Gasteiger charge is 2.22. The normalized spacial score (nSPS) is 10.8. The summed E-state index contributed by atoms with van der Waals surface area (Å²) in [6, 6.07) is 12.6. The number of aromatic nitrogens is 3. The van der Waals surface area contributed by atoms with Gasteiger partial charge in [-0.05, 0) is 19.1 Å². The Balaban J connectivity index is 1.55. The largest absolute Gasteiger partial charge is 0.457 e.